The summed E-state index contributed by atoms with van der Waals surface area (Å²) in [5.41, 5.74) is 2.35. The van der Waals surface area contributed by atoms with E-state index in [9.17, 15) is 0 Å². The first-order chi connectivity index (χ1) is 13.9. The Morgan fingerprint density at radius 1 is 1.00 bits per heavy atom. The molecule has 1 aromatic carbocycles. The number of anilines is 1. The lowest BCUT2D eigenvalue weighted by Crippen LogP contribution is -2.09. The maximum absolute atomic E-state index is 4.82. The van der Waals surface area contributed by atoms with Gasteiger partial charge in [-0.25, -0.2) is 15.0 Å². The number of thiophene rings is 1. The number of nitrogens with one attached hydrogen (secondary N) is 1. The van der Waals surface area contributed by atoms with Crippen molar-refractivity contribution < 1.29 is 0 Å². The van der Waals surface area contributed by atoms with E-state index in [1.54, 1.807) is 17.5 Å². The predicted molar refractivity (Wildman–Crippen MR) is 111 cm³/mol. The molecule has 0 saturated heterocycles. The second-order valence-corrected chi connectivity index (χ2v) is 7.32. The minimum absolute atomic E-state index is 0.696. The first kappa shape index (κ1) is 16.8. The van der Waals surface area contributed by atoms with Crippen molar-refractivity contribution >= 4 is 39.1 Å². The molecule has 0 bridgehead atoms. The molecule has 0 spiro atoms. The maximum Gasteiger partial charge on any atom is 0.172 e. The van der Waals surface area contributed by atoms with E-state index in [2.05, 4.69) is 25.1 Å². The van der Waals surface area contributed by atoms with Crippen molar-refractivity contribution in [2.24, 2.45) is 0 Å². The molecule has 4 aromatic heterocycles. The van der Waals surface area contributed by atoms with E-state index in [1.165, 1.54) is 0 Å². The molecule has 28 heavy (non-hydrogen) atoms. The number of rotatable bonds is 6. The molecule has 8 heteroatoms. The van der Waals surface area contributed by atoms with Crippen LogP contribution in [0.3, 0.4) is 0 Å². The van der Waals surface area contributed by atoms with Crippen LogP contribution in [0, 0.1) is 0 Å². The Balaban J connectivity index is 1.53. The van der Waals surface area contributed by atoms with Crippen molar-refractivity contribution in [1.82, 2.24) is 29.7 Å². The third-order valence-electron chi connectivity index (χ3n) is 4.49. The van der Waals surface area contributed by atoms with Crippen molar-refractivity contribution in [1.29, 1.82) is 0 Å². The lowest BCUT2D eigenvalue weighted by Gasteiger charge is -2.11. The minimum Gasteiger partial charge on any atom is -0.368 e. The minimum atomic E-state index is 0.696. The van der Waals surface area contributed by atoms with Crippen LogP contribution in [0.5, 0.6) is 0 Å². The van der Waals surface area contributed by atoms with Gasteiger partial charge in [0.05, 0.1) is 16.7 Å². The number of nitrogens with zero attached hydrogens (tertiary/aromatic N) is 6. The summed E-state index contributed by atoms with van der Waals surface area (Å²) >= 11 is 1.63. The van der Waals surface area contributed by atoms with E-state index in [4.69, 9.17) is 9.97 Å². The Bertz CT molecular complexity index is 1220. The van der Waals surface area contributed by atoms with Gasteiger partial charge in [-0.2, -0.15) is 0 Å². The van der Waals surface area contributed by atoms with Gasteiger partial charge in [-0.05, 0) is 23.9 Å². The zero-order valence-electron chi connectivity index (χ0n) is 15.0. The number of hydrogen-bond donors (Lipinski definition) is 1. The van der Waals surface area contributed by atoms with Crippen LogP contribution in [-0.2, 0) is 6.54 Å². The van der Waals surface area contributed by atoms with E-state index < -0.39 is 0 Å². The third-order valence-corrected chi connectivity index (χ3v) is 5.35. The quantitative estimate of drug-likeness (QED) is 0.350. The number of hydrogen-bond acceptors (Lipinski definition) is 7. The number of benzene rings is 1. The summed E-state index contributed by atoms with van der Waals surface area (Å²) in [5.74, 6) is 1.43. The van der Waals surface area contributed by atoms with Crippen LogP contribution >= 0.6 is 11.3 Å². The van der Waals surface area contributed by atoms with Gasteiger partial charge in [0.25, 0.3) is 0 Å². The fraction of sp³-hybridized carbons (Fsp3) is 0.150. The fourth-order valence-electron chi connectivity index (χ4n) is 3.13. The summed E-state index contributed by atoms with van der Waals surface area (Å²) < 4.78 is 2.06. The van der Waals surface area contributed by atoms with Crippen LogP contribution in [0.25, 0.3) is 32.6 Å². The zero-order chi connectivity index (χ0) is 18.8. The standard InChI is InChI=1S/C20H17N7S/c1-2-6-15-14(5-1)17-18(26-25-15)20(22-8-4-10-27-11-9-21-13-27)24-19(23-17)16-7-3-12-28-16/h1-3,5-7,9,11-13H,4,8,10H2,(H,22,23,24). The highest BCUT2D eigenvalue weighted by Crippen LogP contribution is 2.29. The van der Waals surface area contributed by atoms with Gasteiger partial charge in [-0.1, -0.05) is 24.3 Å². The van der Waals surface area contributed by atoms with Crippen molar-refractivity contribution in [2.75, 3.05) is 11.9 Å². The molecule has 138 valence electrons. The number of fused-ring (bicyclic) bond motifs is 3. The Labute approximate surface area is 165 Å². The molecular weight excluding hydrogens is 370 g/mol. The lowest BCUT2D eigenvalue weighted by atomic mass is 10.2. The van der Waals surface area contributed by atoms with Crippen LogP contribution in [0.4, 0.5) is 5.82 Å². The first-order valence-electron chi connectivity index (χ1n) is 9.05. The maximum atomic E-state index is 4.82. The highest BCUT2D eigenvalue weighted by Gasteiger charge is 2.14. The summed E-state index contributed by atoms with van der Waals surface area (Å²) in [7, 11) is 0. The monoisotopic (exact) mass is 387 g/mol. The Morgan fingerprint density at radius 2 is 1.96 bits per heavy atom. The van der Waals surface area contributed by atoms with Crippen LogP contribution in [0.1, 0.15) is 6.42 Å². The van der Waals surface area contributed by atoms with Gasteiger partial charge < -0.3 is 9.88 Å². The van der Waals surface area contributed by atoms with Crippen LogP contribution in [0.2, 0.25) is 0 Å². The number of imidazole rings is 1. The van der Waals surface area contributed by atoms with Gasteiger partial charge in [-0.3, -0.25) is 0 Å². The van der Waals surface area contributed by atoms with Crippen molar-refractivity contribution in [3.63, 3.8) is 0 Å². The van der Waals surface area contributed by atoms with Crippen molar-refractivity contribution in [3.05, 3.63) is 60.5 Å². The van der Waals surface area contributed by atoms with E-state index in [1.807, 2.05) is 54.3 Å². The average molecular weight is 387 g/mol. The van der Waals surface area contributed by atoms with Crippen molar-refractivity contribution in [3.8, 4) is 10.7 Å². The normalized spacial score (nSPS) is 11.3. The molecule has 4 heterocycles. The van der Waals surface area contributed by atoms with Crippen LogP contribution in [-0.4, -0.2) is 36.3 Å². The smallest absolute Gasteiger partial charge is 0.172 e. The zero-order valence-corrected chi connectivity index (χ0v) is 15.8. The first-order valence-corrected chi connectivity index (χ1v) is 9.93. The van der Waals surface area contributed by atoms with E-state index >= 15 is 0 Å². The van der Waals surface area contributed by atoms with Gasteiger partial charge in [0.2, 0.25) is 0 Å². The predicted octanol–water partition coefficient (Wildman–Crippen LogP) is 4.00. The molecule has 0 aliphatic rings. The van der Waals surface area contributed by atoms with E-state index in [0.29, 0.717) is 11.3 Å². The Morgan fingerprint density at radius 3 is 2.82 bits per heavy atom. The summed E-state index contributed by atoms with van der Waals surface area (Å²) in [6, 6.07) is 12.0. The van der Waals surface area contributed by atoms with Gasteiger partial charge in [0.1, 0.15) is 5.52 Å². The van der Waals surface area contributed by atoms with E-state index in [0.717, 1.165) is 46.6 Å². The van der Waals surface area contributed by atoms with Gasteiger partial charge in [-0.15, -0.1) is 21.5 Å². The summed E-state index contributed by atoms with van der Waals surface area (Å²) in [6.07, 6.45) is 6.52. The number of aryl methyl sites for hydroxylation is 1. The summed E-state index contributed by atoms with van der Waals surface area (Å²) in [4.78, 5) is 14.7. The van der Waals surface area contributed by atoms with E-state index in [-0.39, 0.29) is 0 Å². The molecule has 0 aliphatic heterocycles. The highest BCUT2D eigenvalue weighted by atomic mass is 32.1. The summed E-state index contributed by atoms with van der Waals surface area (Å²) in [5, 5.41) is 15.2. The SMILES string of the molecule is c1csc(-c2nc(NCCCn3ccnc3)c3nnc4ccccc4c3n2)c1. The second-order valence-electron chi connectivity index (χ2n) is 6.37. The molecule has 0 aliphatic carbocycles. The molecule has 0 atom stereocenters. The summed E-state index contributed by atoms with van der Waals surface area (Å²) in [6.45, 7) is 1.66. The average Bonchev–Trinajstić information content (AvgIpc) is 3.45. The molecule has 5 aromatic rings. The van der Waals surface area contributed by atoms with Gasteiger partial charge >= 0.3 is 0 Å². The largest absolute Gasteiger partial charge is 0.368 e. The Kier molecular flexibility index (Phi) is 4.38. The molecule has 0 fully saturated rings. The molecule has 0 amide bonds. The molecular formula is C20H17N7S. The molecule has 7 nitrogen and oxygen atoms in total. The van der Waals surface area contributed by atoms with Crippen LogP contribution < -0.4 is 5.32 Å². The molecule has 0 radical (unpaired) electrons. The number of aromatic nitrogens is 6. The van der Waals surface area contributed by atoms with Crippen LogP contribution in [0.15, 0.2) is 60.5 Å². The third kappa shape index (κ3) is 3.18. The fourth-order valence-corrected chi connectivity index (χ4v) is 3.79. The lowest BCUT2D eigenvalue weighted by molar-refractivity contribution is 0.660. The molecule has 0 saturated carbocycles. The van der Waals surface area contributed by atoms with Crippen molar-refractivity contribution in [2.45, 2.75) is 13.0 Å². The van der Waals surface area contributed by atoms with Gasteiger partial charge in [0.15, 0.2) is 17.2 Å². The molecule has 1 N–H and O–H groups in total. The second kappa shape index (κ2) is 7.32. The molecule has 0 unspecified atom stereocenters. The Hall–Kier alpha value is -3.39. The highest BCUT2D eigenvalue weighted by molar-refractivity contribution is 7.13. The van der Waals surface area contributed by atoms with Gasteiger partial charge in [0, 0.05) is 30.9 Å². The molecule has 5 rings (SSSR count). The topological polar surface area (TPSA) is 81.4 Å².